The van der Waals surface area contributed by atoms with Crippen LogP contribution in [0.5, 0.6) is 5.75 Å². The quantitative estimate of drug-likeness (QED) is 0.858. The van der Waals surface area contributed by atoms with Crippen LogP contribution >= 0.6 is 0 Å². The van der Waals surface area contributed by atoms with Gasteiger partial charge in [0.15, 0.2) is 6.10 Å². The van der Waals surface area contributed by atoms with Crippen molar-refractivity contribution in [2.75, 3.05) is 33.3 Å². The Kier molecular flexibility index (Phi) is 6.00. The fraction of sp³-hybridized carbons (Fsp3) is 0.562. The number of rotatable bonds is 6. The topological polar surface area (TPSA) is 57.5 Å². The molecule has 0 unspecified atom stereocenters. The van der Waals surface area contributed by atoms with Crippen molar-refractivity contribution in [3.05, 3.63) is 29.8 Å². The number of morpholine rings is 1. The Labute approximate surface area is 126 Å². The summed E-state index contributed by atoms with van der Waals surface area (Å²) in [6, 6.07) is 9.88. The number of hydrogen-bond acceptors (Lipinski definition) is 5. The van der Waals surface area contributed by atoms with Gasteiger partial charge < -0.3 is 19.7 Å². The van der Waals surface area contributed by atoms with Gasteiger partial charge in [0.2, 0.25) is 0 Å². The summed E-state index contributed by atoms with van der Waals surface area (Å²) in [5.41, 5.74) is 1.19. The first-order valence-electron chi connectivity index (χ1n) is 7.33. The van der Waals surface area contributed by atoms with E-state index in [9.17, 15) is 0 Å². The molecule has 1 aromatic rings. The Hall–Kier alpha value is -1.61. The highest BCUT2D eigenvalue weighted by Crippen LogP contribution is 2.13. The zero-order valence-corrected chi connectivity index (χ0v) is 12.7. The number of nitrogens with one attached hydrogen (secondary N) is 1. The predicted octanol–water partition coefficient (Wildman–Crippen LogP) is 1.40. The largest absolute Gasteiger partial charge is 0.476 e. The number of ether oxygens (including phenoxy) is 2. The molecule has 1 fully saturated rings. The van der Waals surface area contributed by atoms with Crippen LogP contribution in [-0.2, 0) is 11.3 Å². The van der Waals surface area contributed by atoms with E-state index in [2.05, 4.69) is 17.3 Å². The van der Waals surface area contributed by atoms with Crippen LogP contribution in [-0.4, -0.2) is 50.4 Å². The monoisotopic (exact) mass is 289 g/mol. The first-order chi connectivity index (χ1) is 10.2. The van der Waals surface area contributed by atoms with Crippen LogP contribution in [0.4, 0.5) is 0 Å². The summed E-state index contributed by atoms with van der Waals surface area (Å²) >= 11 is 0. The van der Waals surface area contributed by atoms with Crippen LogP contribution < -0.4 is 10.1 Å². The number of hydrogen-bond donors (Lipinski definition) is 1. The molecule has 1 heterocycles. The van der Waals surface area contributed by atoms with Crippen molar-refractivity contribution in [2.24, 2.45) is 0 Å². The molecule has 0 saturated carbocycles. The van der Waals surface area contributed by atoms with Crippen molar-refractivity contribution in [3.8, 4) is 11.8 Å². The fourth-order valence-corrected chi connectivity index (χ4v) is 2.28. The van der Waals surface area contributed by atoms with Crippen LogP contribution in [0.25, 0.3) is 0 Å². The summed E-state index contributed by atoms with van der Waals surface area (Å²) < 4.78 is 11.1. The molecule has 1 aromatic carbocycles. The van der Waals surface area contributed by atoms with Crippen molar-refractivity contribution in [1.82, 2.24) is 10.2 Å². The van der Waals surface area contributed by atoms with Crippen molar-refractivity contribution in [1.29, 1.82) is 5.26 Å². The molecule has 1 aliphatic rings. The van der Waals surface area contributed by atoms with Gasteiger partial charge in [-0.2, -0.15) is 5.26 Å². The summed E-state index contributed by atoms with van der Waals surface area (Å²) in [6.45, 7) is 6.19. The molecule has 0 aliphatic carbocycles. The number of nitriles is 1. The number of likely N-dealkylation sites (N-methyl/N-ethyl adjacent to an activating group) is 1. The first kappa shape index (κ1) is 15.8. The van der Waals surface area contributed by atoms with E-state index in [1.165, 1.54) is 5.56 Å². The molecule has 21 heavy (non-hydrogen) atoms. The number of benzene rings is 1. The molecule has 5 nitrogen and oxygen atoms in total. The van der Waals surface area contributed by atoms with Gasteiger partial charge >= 0.3 is 0 Å². The molecule has 0 aromatic heterocycles. The summed E-state index contributed by atoms with van der Waals surface area (Å²) in [5, 5.41) is 12.1. The molecule has 114 valence electrons. The Bertz CT molecular complexity index is 469. The average molecular weight is 289 g/mol. The van der Waals surface area contributed by atoms with Gasteiger partial charge in [-0.15, -0.1) is 0 Å². The normalized spacial score (nSPS) is 20.7. The Morgan fingerprint density at radius 3 is 2.90 bits per heavy atom. The molecule has 0 amide bonds. The van der Waals surface area contributed by atoms with E-state index in [-0.39, 0.29) is 6.10 Å². The lowest BCUT2D eigenvalue weighted by molar-refractivity contribution is -0.0182. The zero-order chi connectivity index (χ0) is 15.1. The predicted molar refractivity (Wildman–Crippen MR) is 81.1 cm³/mol. The van der Waals surface area contributed by atoms with Crippen LogP contribution in [0.15, 0.2) is 24.3 Å². The van der Waals surface area contributed by atoms with Crippen LogP contribution in [0.2, 0.25) is 0 Å². The lowest BCUT2D eigenvalue weighted by atomic mass is 10.2. The van der Waals surface area contributed by atoms with Crippen LogP contribution in [0, 0.1) is 11.3 Å². The maximum Gasteiger partial charge on any atom is 0.181 e. The van der Waals surface area contributed by atoms with Gasteiger partial charge in [0.1, 0.15) is 11.8 Å². The third kappa shape index (κ3) is 5.35. The minimum Gasteiger partial charge on any atom is -0.476 e. The molecular formula is C16H23N3O2. The lowest BCUT2D eigenvalue weighted by Gasteiger charge is -2.30. The smallest absolute Gasteiger partial charge is 0.181 e. The van der Waals surface area contributed by atoms with Gasteiger partial charge in [-0.05, 0) is 31.7 Å². The van der Waals surface area contributed by atoms with Gasteiger partial charge in [0.25, 0.3) is 0 Å². The minimum atomic E-state index is -0.422. The SMILES string of the molecule is C[C@@H](C#N)Oc1ccc(CNC[C@H]2CN(C)CCO2)cc1. The van der Waals surface area contributed by atoms with Gasteiger partial charge in [0.05, 0.1) is 12.7 Å². The first-order valence-corrected chi connectivity index (χ1v) is 7.33. The summed E-state index contributed by atoms with van der Waals surface area (Å²) in [7, 11) is 2.12. The van der Waals surface area contributed by atoms with Gasteiger partial charge in [0, 0.05) is 26.2 Å². The molecule has 0 radical (unpaired) electrons. The Morgan fingerprint density at radius 2 is 2.24 bits per heavy atom. The molecule has 0 bridgehead atoms. The van der Waals surface area contributed by atoms with E-state index in [0.717, 1.165) is 38.5 Å². The summed E-state index contributed by atoms with van der Waals surface area (Å²) in [4.78, 5) is 2.29. The van der Waals surface area contributed by atoms with Gasteiger partial charge in [-0.3, -0.25) is 0 Å². The van der Waals surface area contributed by atoms with E-state index in [1.54, 1.807) is 6.92 Å². The van der Waals surface area contributed by atoms with E-state index >= 15 is 0 Å². The molecule has 2 atom stereocenters. The second-order valence-corrected chi connectivity index (χ2v) is 5.42. The average Bonchev–Trinajstić information content (AvgIpc) is 2.49. The van der Waals surface area contributed by atoms with Crippen LogP contribution in [0.1, 0.15) is 12.5 Å². The third-order valence-electron chi connectivity index (χ3n) is 3.46. The molecule has 1 N–H and O–H groups in total. The van der Waals surface area contributed by atoms with E-state index in [0.29, 0.717) is 0 Å². The molecule has 1 saturated heterocycles. The fourth-order valence-electron chi connectivity index (χ4n) is 2.28. The molecule has 0 spiro atoms. The summed E-state index contributed by atoms with van der Waals surface area (Å²) in [6.07, 6.45) is -0.155. The Morgan fingerprint density at radius 1 is 1.48 bits per heavy atom. The van der Waals surface area contributed by atoms with Gasteiger partial charge in [-0.25, -0.2) is 0 Å². The second-order valence-electron chi connectivity index (χ2n) is 5.42. The van der Waals surface area contributed by atoms with E-state index in [4.69, 9.17) is 14.7 Å². The van der Waals surface area contributed by atoms with Crippen molar-refractivity contribution in [3.63, 3.8) is 0 Å². The molecule has 5 heteroatoms. The van der Waals surface area contributed by atoms with Gasteiger partial charge in [-0.1, -0.05) is 12.1 Å². The zero-order valence-electron chi connectivity index (χ0n) is 12.7. The standard InChI is InChI=1S/C16H23N3O2/c1-13(9-17)21-15-5-3-14(4-6-15)10-18-11-16-12-19(2)7-8-20-16/h3-6,13,16,18H,7-8,10-12H2,1-2H3/t13-,16-/m0/s1. The third-order valence-corrected chi connectivity index (χ3v) is 3.46. The maximum absolute atomic E-state index is 8.71. The van der Waals surface area contributed by atoms with Crippen molar-refractivity contribution in [2.45, 2.75) is 25.7 Å². The lowest BCUT2D eigenvalue weighted by Crippen LogP contribution is -2.44. The highest BCUT2D eigenvalue weighted by atomic mass is 16.5. The number of nitrogens with zero attached hydrogens (tertiary/aromatic N) is 2. The highest BCUT2D eigenvalue weighted by Gasteiger charge is 2.16. The van der Waals surface area contributed by atoms with E-state index < -0.39 is 6.10 Å². The maximum atomic E-state index is 8.71. The van der Waals surface area contributed by atoms with Crippen LogP contribution in [0.3, 0.4) is 0 Å². The van der Waals surface area contributed by atoms with E-state index in [1.807, 2.05) is 30.3 Å². The Balaban J connectivity index is 1.72. The minimum absolute atomic E-state index is 0.267. The molecule has 1 aliphatic heterocycles. The second kappa shape index (κ2) is 7.99. The summed E-state index contributed by atoms with van der Waals surface area (Å²) in [5.74, 6) is 0.727. The molecule has 2 rings (SSSR count). The molecular weight excluding hydrogens is 266 g/mol. The highest BCUT2D eigenvalue weighted by molar-refractivity contribution is 5.27. The van der Waals surface area contributed by atoms with Crippen molar-refractivity contribution >= 4 is 0 Å². The van der Waals surface area contributed by atoms with Crippen molar-refractivity contribution < 1.29 is 9.47 Å².